The van der Waals surface area contributed by atoms with Gasteiger partial charge in [0.05, 0.1) is 16.7 Å². The molecule has 4 rings (SSSR count). The van der Waals surface area contributed by atoms with Crippen LogP contribution in [0.5, 0.6) is 0 Å². The fourth-order valence-electron chi connectivity index (χ4n) is 2.61. The number of nitrogens with one attached hydrogen (secondary N) is 1. The van der Waals surface area contributed by atoms with Gasteiger partial charge in [-0.1, -0.05) is 60.7 Å². The van der Waals surface area contributed by atoms with Gasteiger partial charge in [0.25, 0.3) is 0 Å². The first kappa shape index (κ1) is 13.5. The third kappa shape index (κ3) is 2.77. The van der Waals surface area contributed by atoms with Crippen LogP contribution in [0.15, 0.2) is 90.1 Å². The molecule has 23 heavy (non-hydrogen) atoms. The molecule has 0 saturated heterocycles. The topological polar surface area (TPSA) is 41.0 Å². The minimum absolute atomic E-state index is 0.807. The molecule has 0 atom stereocenters. The number of aliphatic imine (C=N–C) groups is 1. The number of aromatic amines is 1. The Balaban J connectivity index is 1.87. The van der Waals surface area contributed by atoms with Crippen LogP contribution in [0.4, 0.5) is 5.82 Å². The number of rotatable bonds is 3. The van der Waals surface area contributed by atoms with Crippen LogP contribution in [0.2, 0.25) is 0 Å². The fraction of sp³-hybridized carbons (Fsp3) is 0. The maximum absolute atomic E-state index is 4.86. The van der Waals surface area contributed by atoms with Crippen molar-refractivity contribution in [1.29, 1.82) is 0 Å². The average Bonchev–Trinajstić information content (AvgIpc) is 3.04. The van der Waals surface area contributed by atoms with Crippen molar-refractivity contribution in [3.05, 3.63) is 96.2 Å². The highest BCUT2D eigenvalue weighted by molar-refractivity contribution is 6.14. The maximum Gasteiger partial charge on any atom is 0.133 e. The van der Waals surface area contributed by atoms with Crippen LogP contribution in [0.25, 0.3) is 11.0 Å². The van der Waals surface area contributed by atoms with Gasteiger partial charge in [-0.25, -0.2) is 4.99 Å². The number of fused-ring (bicyclic) bond motifs is 1. The Morgan fingerprint density at radius 3 is 2.04 bits per heavy atom. The van der Waals surface area contributed by atoms with Crippen molar-refractivity contribution in [3.8, 4) is 0 Å². The van der Waals surface area contributed by atoms with E-state index in [1.54, 1.807) is 6.20 Å². The molecule has 3 heteroatoms. The van der Waals surface area contributed by atoms with Crippen molar-refractivity contribution in [1.82, 2.24) is 9.97 Å². The highest BCUT2D eigenvalue weighted by atomic mass is 14.9. The van der Waals surface area contributed by atoms with Crippen LogP contribution < -0.4 is 0 Å². The Kier molecular flexibility index (Phi) is 3.45. The molecule has 0 unspecified atom stereocenters. The Morgan fingerprint density at radius 2 is 1.43 bits per heavy atom. The van der Waals surface area contributed by atoms with Crippen LogP contribution in [0, 0.1) is 0 Å². The van der Waals surface area contributed by atoms with E-state index in [0.717, 1.165) is 33.7 Å². The van der Waals surface area contributed by atoms with Crippen LogP contribution in [0.3, 0.4) is 0 Å². The van der Waals surface area contributed by atoms with E-state index in [1.807, 2.05) is 54.6 Å². The smallest absolute Gasteiger partial charge is 0.133 e. The van der Waals surface area contributed by atoms with Crippen LogP contribution in [-0.4, -0.2) is 15.7 Å². The molecule has 0 fully saturated rings. The highest BCUT2D eigenvalue weighted by Gasteiger charge is 2.08. The molecule has 2 heterocycles. The zero-order chi connectivity index (χ0) is 15.5. The van der Waals surface area contributed by atoms with Gasteiger partial charge in [0, 0.05) is 23.4 Å². The van der Waals surface area contributed by atoms with Crippen molar-refractivity contribution in [2.24, 2.45) is 4.99 Å². The summed E-state index contributed by atoms with van der Waals surface area (Å²) in [6.45, 7) is 0. The van der Waals surface area contributed by atoms with E-state index in [1.165, 1.54) is 0 Å². The zero-order valence-electron chi connectivity index (χ0n) is 12.5. The van der Waals surface area contributed by atoms with E-state index < -0.39 is 0 Å². The summed E-state index contributed by atoms with van der Waals surface area (Å²) in [5.74, 6) is 0.807. The normalized spacial score (nSPS) is 10.6. The minimum Gasteiger partial charge on any atom is -0.338 e. The van der Waals surface area contributed by atoms with Crippen LogP contribution >= 0.6 is 0 Å². The summed E-state index contributed by atoms with van der Waals surface area (Å²) in [6.07, 6.45) is 1.79. The molecule has 0 saturated carbocycles. The number of pyridine rings is 1. The Hall–Kier alpha value is -3.20. The van der Waals surface area contributed by atoms with Gasteiger partial charge in [0.2, 0.25) is 0 Å². The predicted octanol–water partition coefficient (Wildman–Crippen LogP) is 4.73. The van der Waals surface area contributed by atoms with Crippen LogP contribution in [0.1, 0.15) is 11.1 Å². The van der Waals surface area contributed by atoms with Gasteiger partial charge in [-0.15, -0.1) is 0 Å². The van der Waals surface area contributed by atoms with Crippen molar-refractivity contribution < 1.29 is 0 Å². The molecule has 2 aromatic heterocycles. The molecule has 0 bridgehead atoms. The molecule has 4 aromatic rings. The molecule has 0 aliphatic rings. The Labute approximate surface area is 134 Å². The molecule has 110 valence electrons. The van der Waals surface area contributed by atoms with Gasteiger partial charge in [-0.3, -0.25) is 4.98 Å². The fourth-order valence-corrected chi connectivity index (χ4v) is 2.61. The molecular formula is C20H15N3. The number of benzene rings is 2. The lowest BCUT2D eigenvalue weighted by Gasteiger charge is -2.06. The number of hydrogen-bond acceptors (Lipinski definition) is 2. The van der Waals surface area contributed by atoms with E-state index in [0.29, 0.717) is 0 Å². The van der Waals surface area contributed by atoms with Crippen molar-refractivity contribution >= 4 is 22.6 Å². The van der Waals surface area contributed by atoms with Gasteiger partial charge in [0.1, 0.15) is 5.82 Å². The van der Waals surface area contributed by atoms with Gasteiger partial charge in [-0.2, -0.15) is 0 Å². The molecule has 0 radical (unpaired) electrons. The first-order valence-electron chi connectivity index (χ1n) is 7.53. The maximum atomic E-state index is 4.86. The van der Waals surface area contributed by atoms with E-state index in [2.05, 4.69) is 34.2 Å². The largest absolute Gasteiger partial charge is 0.338 e. The van der Waals surface area contributed by atoms with Gasteiger partial charge in [0.15, 0.2) is 0 Å². The molecule has 0 spiro atoms. The van der Waals surface area contributed by atoms with Gasteiger partial charge in [-0.05, 0) is 12.1 Å². The second-order valence-corrected chi connectivity index (χ2v) is 5.28. The Morgan fingerprint density at radius 1 is 0.783 bits per heavy atom. The summed E-state index contributed by atoms with van der Waals surface area (Å²) in [7, 11) is 0. The summed E-state index contributed by atoms with van der Waals surface area (Å²) >= 11 is 0. The highest BCUT2D eigenvalue weighted by Crippen LogP contribution is 2.21. The lowest BCUT2D eigenvalue weighted by Crippen LogP contribution is -2.02. The zero-order valence-corrected chi connectivity index (χ0v) is 12.5. The summed E-state index contributed by atoms with van der Waals surface area (Å²) in [5.41, 5.74) is 5.03. The SMILES string of the molecule is c1ccc(C(=Nc2cc3ncccc3[nH]2)c2ccccc2)cc1. The summed E-state index contributed by atoms with van der Waals surface area (Å²) in [6, 6.07) is 26.3. The van der Waals surface area contributed by atoms with E-state index in [-0.39, 0.29) is 0 Å². The standard InChI is InChI=1S/C20H15N3/c1-3-8-15(9-4-1)20(16-10-5-2-6-11-16)23-19-14-18-17(22-19)12-7-13-21-18/h1-14,22H. The van der Waals surface area contributed by atoms with E-state index in [4.69, 9.17) is 4.99 Å². The predicted molar refractivity (Wildman–Crippen MR) is 94.3 cm³/mol. The minimum atomic E-state index is 0.807. The molecule has 3 nitrogen and oxygen atoms in total. The Bertz CT molecular complexity index is 879. The van der Waals surface area contributed by atoms with E-state index in [9.17, 15) is 0 Å². The number of aromatic nitrogens is 2. The number of hydrogen-bond donors (Lipinski definition) is 1. The average molecular weight is 297 g/mol. The van der Waals surface area contributed by atoms with Gasteiger partial charge >= 0.3 is 0 Å². The third-order valence-corrected chi connectivity index (χ3v) is 3.70. The van der Waals surface area contributed by atoms with Crippen molar-refractivity contribution in [2.75, 3.05) is 0 Å². The van der Waals surface area contributed by atoms with Crippen molar-refractivity contribution in [3.63, 3.8) is 0 Å². The first-order valence-corrected chi connectivity index (χ1v) is 7.53. The summed E-state index contributed by atoms with van der Waals surface area (Å²) in [5, 5.41) is 0. The molecular weight excluding hydrogens is 282 g/mol. The number of H-pyrrole nitrogens is 1. The molecule has 0 aliphatic heterocycles. The molecule has 0 amide bonds. The molecule has 0 aliphatic carbocycles. The number of nitrogens with zero attached hydrogens (tertiary/aromatic N) is 2. The van der Waals surface area contributed by atoms with E-state index >= 15 is 0 Å². The lowest BCUT2D eigenvalue weighted by atomic mass is 10.0. The van der Waals surface area contributed by atoms with Crippen LogP contribution in [-0.2, 0) is 0 Å². The summed E-state index contributed by atoms with van der Waals surface area (Å²) < 4.78 is 0. The van der Waals surface area contributed by atoms with Crippen molar-refractivity contribution in [2.45, 2.75) is 0 Å². The molecule has 1 N–H and O–H groups in total. The second-order valence-electron chi connectivity index (χ2n) is 5.28. The van der Waals surface area contributed by atoms with Gasteiger partial charge < -0.3 is 4.98 Å². The lowest BCUT2D eigenvalue weighted by molar-refractivity contribution is 1.36. The first-order chi connectivity index (χ1) is 11.4. The third-order valence-electron chi connectivity index (χ3n) is 3.70. The second kappa shape index (κ2) is 5.89. The quantitative estimate of drug-likeness (QED) is 0.546. The summed E-state index contributed by atoms with van der Waals surface area (Å²) in [4.78, 5) is 12.5. The molecule has 2 aromatic carbocycles. The monoisotopic (exact) mass is 297 g/mol.